The first-order valence-corrected chi connectivity index (χ1v) is 9.43. The monoisotopic (exact) mass is 376 g/mol. The Morgan fingerprint density at radius 3 is 2.22 bits per heavy atom. The fraction of sp³-hybridized carbons (Fsp3) is 0.217. The maximum absolute atomic E-state index is 13.0. The molecule has 2 aromatic carbocycles. The van der Waals surface area contributed by atoms with Gasteiger partial charge in [-0.25, -0.2) is 4.98 Å². The lowest BCUT2D eigenvalue weighted by atomic mass is 9.84. The molecule has 0 aliphatic heterocycles. The number of benzene rings is 2. The van der Waals surface area contributed by atoms with Crippen LogP contribution in [0.2, 0.25) is 5.02 Å². The van der Waals surface area contributed by atoms with Crippen molar-refractivity contribution in [2.24, 2.45) is 5.92 Å². The van der Waals surface area contributed by atoms with E-state index in [1.54, 1.807) is 18.3 Å². The second-order valence-electron chi connectivity index (χ2n) is 7.32. The van der Waals surface area contributed by atoms with Crippen LogP contribution in [-0.4, -0.2) is 10.9 Å². The van der Waals surface area contributed by atoms with Crippen molar-refractivity contribution in [3.8, 4) is 0 Å². The largest absolute Gasteiger partial charge is 0.310 e. The number of nitrogens with one attached hydrogen (secondary N) is 1. The van der Waals surface area contributed by atoms with E-state index >= 15 is 0 Å². The Hall–Kier alpha value is -2.65. The summed E-state index contributed by atoms with van der Waals surface area (Å²) in [6.07, 6.45) is 2.38. The van der Waals surface area contributed by atoms with Crippen molar-refractivity contribution < 1.29 is 4.79 Å². The lowest BCUT2D eigenvalue weighted by Crippen LogP contribution is -2.22. The van der Waals surface area contributed by atoms with E-state index in [4.69, 9.17) is 11.6 Å². The summed E-state index contributed by atoms with van der Waals surface area (Å²) in [5.74, 6) is 0.330. The molecule has 4 heteroatoms. The van der Waals surface area contributed by atoms with Crippen molar-refractivity contribution in [2.75, 3.05) is 5.32 Å². The molecule has 1 saturated carbocycles. The summed E-state index contributed by atoms with van der Waals surface area (Å²) in [6, 6.07) is 20.3. The number of aromatic nitrogens is 1. The summed E-state index contributed by atoms with van der Waals surface area (Å²) in [7, 11) is 0. The Morgan fingerprint density at radius 1 is 1.04 bits per heavy atom. The van der Waals surface area contributed by atoms with Crippen LogP contribution in [0.1, 0.15) is 28.7 Å². The molecular formula is C23H21ClN2O. The molecular weight excluding hydrogens is 356 g/mol. The second-order valence-corrected chi connectivity index (χ2v) is 7.75. The third-order valence-corrected chi connectivity index (χ3v) is 5.55. The molecule has 4 rings (SSSR count). The van der Waals surface area contributed by atoms with Gasteiger partial charge in [0.15, 0.2) is 0 Å². The lowest BCUT2D eigenvalue weighted by Gasteiger charge is -2.20. The molecule has 0 radical (unpaired) electrons. The van der Waals surface area contributed by atoms with Crippen molar-refractivity contribution in [2.45, 2.75) is 25.7 Å². The van der Waals surface area contributed by atoms with Crippen molar-refractivity contribution >= 4 is 23.3 Å². The smallest absolute Gasteiger partial charge is 0.229 e. The van der Waals surface area contributed by atoms with E-state index in [0.717, 1.165) is 6.42 Å². The Bertz CT molecular complexity index is 969. The number of anilines is 1. The zero-order chi connectivity index (χ0) is 19.0. The predicted molar refractivity (Wildman–Crippen MR) is 109 cm³/mol. The number of rotatable bonds is 4. The fourth-order valence-electron chi connectivity index (χ4n) is 3.92. The second kappa shape index (κ2) is 6.82. The Balaban J connectivity index is 1.70. The average Bonchev–Trinajstić information content (AvgIpc) is 3.39. The number of amides is 1. The van der Waals surface area contributed by atoms with Gasteiger partial charge < -0.3 is 5.32 Å². The van der Waals surface area contributed by atoms with Gasteiger partial charge in [-0.1, -0.05) is 71.3 Å². The van der Waals surface area contributed by atoms with Crippen LogP contribution >= 0.6 is 11.6 Å². The van der Waals surface area contributed by atoms with Crippen LogP contribution in [0.5, 0.6) is 0 Å². The maximum Gasteiger partial charge on any atom is 0.229 e. The normalized spacial score (nSPS) is 17.4. The quantitative estimate of drug-likeness (QED) is 0.671. The van der Waals surface area contributed by atoms with Gasteiger partial charge in [0.2, 0.25) is 5.91 Å². The van der Waals surface area contributed by atoms with E-state index in [1.165, 1.54) is 22.3 Å². The summed E-state index contributed by atoms with van der Waals surface area (Å²) in [5, 5.41) is 3.49. The lowest BCUT2D eigenvalue weighted by molar-refractivity contribution is -0.117. The highest BCUT2D eigenvalue weighted by atomic mass is 35.5. The van der Waals surface area contributed by atoms with Crippen molar-refractivity contribution in [3.05, 3.63) is 94.1 Å². The molecule has 1 amide bonds. The van der Waals surface area contributed by atoms with Gasteiger partial charge in [0.05, 0.1) is 5.92 Å². The number of hydrogen-bond acceptors (Lipinski definition) is 2. The molecule has 0 unspecified atom stereocenters. The molecule has 136 valence electrons. The standard InChI is InChI=1S/C23H21ClN2O/c1-15-5-3-7-17(11-15)23(18-8-4-6-16(2)12-18)14-20(23)22(27)26-21-13-19(24)9-10-25-21/h3-13,20H,14H2,1-2H3,(H,25,26,27)/t20-/m1/s1. The van der Waals surface area contributed by atoms with Crippen LogP contribution in [0.15, 0.2) is 66.9 Å². The number of hydrogen-bond donors (Lipinski definition) is 1. The highest BCUT2D eigenvalue weighted by molar-refractivity contribution is 6.30. The number of carbonyl (C=O) groups is 1. The number of carbonyl (C=O) groups excluding carboxylic acids is 1. The third-order valence-electron chi connectivity index (χ3n) is 5.32. The van der Waals surface area contributed by atoms with Gasteiger partial charge >= 0.3 is 0 Å². The Morgan fingerprint density at radius 2 is 1.67 bits per heavy atom. The molecule has 0 saturated heterocycles. The molecule has 0 spiro atoms. The average molecular weight is 377 g/mol. The van der Waals surface area contributed by atoms with Crippen molar-refractivity contribution in [1.82, 2.24) is 4.98 Å². The van der Waals surface area contributed by atoms with E-state index < -0.39 is 0 Å². The van der Waals surface area contributed by atoms with Gasteiger partial charge in [-0.05, 0) is 43.5 Å². The highest BCUT2D eigenvalue weighted by Crippen LogP contribution is 2.59. The first-order chi connectivity index (χ1) is 13.0. The van der Waals surface area contributed by atoms with E-state index in [-0.39, 0.29) is 17.2 Å². The minimum absolute atomic E-state index is 0.0206. The van der Waals surface area contributed by atoms with Gasteiger partial charge in [0.25, 0.3) is 0 Å². The summed E-state index contributed by atoms with van der Waals surface area (Å²) in [5.41, 5.74) is 4.48. The van der Waals surface area contributed by atoms with Crippen LogP contribution < -0.4 is 5.32 Å². The van der Waals surface area contributed by atoms with Gasteiger partial charge in [-0.2, -0.15) is 0 Å². The van der Waals surface area contributed by atoms with Crippen LogP contribution in [0.25, 0.3) is 0 Å². The molecule has 1 fully saturated rings. The Kier molecular flexibility index (Phi) is 4.48. The number of pyridine rings is 1. The van der Waals surface area contributed by atoms with Gasteiger partial charge in [0, 0.05) is 16.6 Å². The predicted octanol–water partition coefficient (Wildman–Crippen LogP) is 5.30. The maximum atomic E-state index is 13.0. The molecule has 0 bridgehead atoms. The molecule has 1 atom stereocenters. The first-order valence-electron chi connectivity index (χ1n) is 9.06. The molecule has 1 aromatic heterocycles. The van der Waals surface area contributed by atoms with Crippen molar-refractivity contribution in [3.63, 3.8) is 0 Å². The SMILES string of the molecule is Cc1cccc(C2(c3cccc(C)c3)C[C@@H]2C(=O)Nc2cc(Cl)ccn2)c1. The first kappa shape index (κ1) is 17.7. The van der Waals surface area contributed by atoms with Crippen LogP contribution in [0, 0.1) is 19.8 Å². The van der Waals surface area contributed by atoms with Crippen molar-refractivity contribution in [1.29, 1.82) is 0 Å². The summed E-state index contributed by atoms with van der Waals surface area (Å²) in [4.78, 5) is 17.2. The molecule has 1 heterocycles. The van der Waals surface area contributed by atoms with Crippen LogP contribution in [-0.2, 0) is 10.2 Å². The summed E-state index contributed by atoms with van der Waals surface area (Å²) in [6.45, 7) is 4.17. The van der Waals surface area contributed by atoms with E-state index in [2.05, 4.69) is 72.7 Å². The van der Waals surface area contributed by atoms with E-state index in [0.29, 0.717) is 10.8 Å². The summed E-state index contributed by atoms with van der Waals surface area (Å²) < 4.78 is 0. The molecule has 1 aliphatic carbocycles. The molecule has 1 aliphatic rings. The van der Waals surface area contributed by atoms with Gasteiger partial charge in [0.1, 0.15) is 5.82 Å². The zero-order valence-corrected chi connectivity index (χ0v) is 16.1. The number of nitrogens with zero attached hydrogens (tertiary/aromatic N) is 1. The molecule has 27 heavy (non-hydrogen) atoms. The van der Waals surface area contributed by atoms with E-state index in [9.17, 15) is 4.79 Å². The zero-order valence-electron chi connectivity index (χ0n) is 15.4. The van der Waals surface area contributed by atoms with E-state index in [1.807, 2.05) is 0 Å². The van der Waals surface area contributed by atoms with Gasteiger partial charge in [-0.3, -0.25) is 4.79 Å². The molecule has 3 aromatic rings. The summed E-state index contributed by atoms with van der Waals surface area (Å²) >= 11 is 6.01. The number of halogens is 1. The fourth-order valence-corrected chi connectivity index (χ4v) is 4.08. The Labute approximate surface area is 164 Å². The highest BCUT2D eigenvalue weighted by Gasteiger charge is 2.60. The van der Waals surface area contributed by atoms with Gasteiger partial charge in [-0.15, -0.1) is 0 Å². The topological polar surface area (TPSA) is 42.0 Å². The van der Waals surface area contributed by atoms with Crippen LogP contribution in [0.4, 0.5) is 5.82 Å². The third kappa shape index (κ3) is 3.35. The minimum Gasteiger partial charge on any atom is -0.310 e. The molecule has 3 nitrogen and oxygen atoms in total. The molecule has 1 N–H and O–H groups in total. The minimum atomic E-state index is -0.291. The number of aryl methyl sites for hydroxylation is 2. The van der Waals surface area contributed by atoms with Crippen LogP contribution in [0.3, 0.4) is 0 Å².